The van der Waals surface area contributed by atoms with Gasteiger partial charge in [-0.1, -0.05) is 0 Å². The fourth-order valence-corrected chi connectivity index (χ4v) is 3.48. The van der Waals surface area contributed by atoms with Gasteiger partial charge in [-0.15, -0.1) is 11.3 Å². The second-order valence-electron chi connectivity index (χ2n) is 5.44. The van der Waals surface area contributed by atoms with Crippen molar-refractivity contribution in [3.05, 3.63) is 35.0 Å². The van der Waals surface area contributed by atoms with Crippen LogP contribution in [0.15, 0.2) is 29.4 Å². The van der Waals surface area contributed by atoms with E-state index < -0.39 is 0 Å². The summed E-state index contributed by atoms with van der Waals surface area (Å²) in [5.74, 6) is 0.250. The van der Waals surface area contributed by atoms with Gasteiger partial charge in [-0.05, 0) is 31.7 Å². The van der Waals surface area contributed by atoms with Gasteiger partial charge < -0.3 is 4.90 Å². The molecule has 1 aliphatic rings. The van der Waals surface area contributed by atoms with E-state index in [0.717, 1.165) is 38.0 Å². The Balaban J connectivity index is 1.58. The van der Waals surface area contributed by atoms with Crippen molar-refractivity contribution in [3.8, 4) is 0 Å². The van der Waals surface area contributed by atoms with E-state index in [2.05, 4.69) is 15.0 Å². The van der Waals surface area contributed by atoms with Crippen LogP contribution in [0.25, 0.3) is 0 Å². The molecule has 0 radical (unpaired) electrons. The Bertz CT molecular complexity index is 552. The van der Waals surface area contributed by atoms with E-state index in [0.29, 0.717) is 6.42 Å². The second kappa shape index (κ2) is 6.85. The summed E-state index contributed by atoms with van der Waals surface area (Å²) in [5, 5.41) is 6.28. The fourth-order valence-electron chi connectivity index (χ4n) is 2.88. The van der Waals surface area contributed by atoms with Gasteiger partial charge in [-0.2, -0.15) is 5.10 Å². The van der Waals surface area contributed by atoms with Crippen LogP contribution in [0.2, 0.25) is 0 Å². The highest BCUT2D eigenvalue weighted by Crippen LogP contribution is 2.20. The molecule has 1 saturated heterocycles. The first-order chi connectivity index (χ1) is 10.3. The van der Waals surface area contributed by atoms with Gasteiger partial charge in [-0.25, -0.2) is 4.98 Å². The minimum Gasteiger partial charge on any atom is -0.338 e. The van der Waals surface area contributed by atoms with Gasteiger partial charge in [0.2, 0.25) is 5.91 Å². The lowest BCUT2D eigenvalue weighted by Gasteiger charge is -2.35. The summed E-state index contributed by atoms with van der Waals surface area (Å²) in [4.78, 5) is 18.8. The van der Waals surface area contributed by atoms with Crippen LogP contribution >= 0.6 is 11.3 Å². The molecule has 3 heterocycles. The Morgan fingerprint density at radius 1 is 1.43 bits per heavy atom. The van der Waals surface area contributed by atoms with E-state index in [1.165, 1.54) is 6.42 Å². The minimum absolute atomic E-state index is 0.250. The number of hydrogen-bond acceptors (Lipinski definition) is 4. The predicted octanol–water partition coefficient (Wildman–Crippen LogP) is 2.35. The number of aryl methyl sites for hydroxylation is 1. The molecule has 0 N–H and O–H groups in total. The van der Waals surface area contributed by atoms with Crippen molar-refractivity contribution in [1.29, 1.82) is 0 Å². The molecule has 0 bridgehead atoms. The molecule has 1 aliphatic heterocycles. The first-order valence-electron chi connectivity index (χ1n) is 7.47. The van der Waals surface area contributed by atoms with Gasteiger partial charge in [0.25, 0.3) is 0 Å². The van der Waals surface area contributed by atoms with Crippen molar-refractivity contribution in [2.45, 2.75) is 44.7 Å². The number of hydrogen-bond donors (Lipinski definition) is 0. The number of piperidine rings is 1. The molecule has 2 aromatic heterocycles. The van der Waals surface area contributed by atoms with Crippen molar-refractivity contribution in [1.82, 2.24) is 19.7 Å². The Kier molecular flexibility index (Phi) is 4.65. The van der Waals surface area contributed by atoms with E-state index in [9.17, 15) is 4.79 Å². The second-order valence-corrected chi connectivity index (χ2v) is 6.16. The van der Waals surface area contributed by atoms with Crippen LogP contribution in [0.5, 0.6) is 0 Å². The Labute approximate surface area is 128 Å². The SMILES string of the molecule is O=C(CCc1cscn1)N1CCCCC1Cn1cccn1. The summed E-state index contributed by atoms with van der Waals surface area (Å²) < 4.78 is 1.93. The lowest BCUT2D eigenvalue weighted by Crippen LogP contribution is -2.46. The van der Waals surface area contributed by atoms with Crippen LogP contribution < -0.4 is 0 Å². The molecule has 2 aromatic rings. The number of rotatable bonds is 5. The zero-order valence-electron chi connectivity index (χ0n) is 12.0. The number of thiazole rings is 1. The summed E-state index contributed by atoms with van der Waals surface area (Å²) >= 11 is 1.58. The quantitative estimate of drug-likeness (QED) is 0.852. The van der Waals surface area contributed by atoms with Crippen LogP contribution in [0.3, 0.4) is 0 Å². The highest BCUT2D eigenvalue weighted by molar-refractivity contribution is 7.07. The highest BCUT2D eigenvalue weighted by Gasteiger charge is 2.26. The molecule has 3 rings (SSSR count). The lowest BCUT2D eigenvalue weighted by atomic mass is 10.0. The third-order valence-electron chi connectivity index (χ3n) is 3.98. The standard InChI is InChI=1S/C15H20N4OS/c20-15(6-5-13-11-21-12-16-13)19-9-2-1-4-14(19)10-18-8-3-7-17-18/h3,7-8,11-12,14H,1-2,4-6,9-10H2. The average molecular weight is 304 g/mol. The Morgan fingerprint density at radius 3 is 3.14 bits per heavy atom. The van der Waals surface area contributed by atoms with Crippen LogP contribution in [0.1, 0.15) is 31.4 Å². The van der Waals surface area contributed by atoms with Gasteiger partial charge in [-0.3, -0.25) is 9.48 Å². The van der Waals surface area contributed by atoms with Gasteiger partial charge >= 0.3 is 0 Å². The molecular weight excluding hydrogens is 284 g/mol. The largest absolute Gasteiger partial charge is 0.338 e. The van der Waals surface area contributed by atoms with E-state index in [1.54, 1.807) is 17.5 Å². The molecule has 0 aromatic carbocycles. The van der Waals surface area contributed by atoms with Crippen LogP contribution in [0.4, 0.5) is 0 Å². The third-order valence-corrected chi connectivity index (χ3v) is 4.62. The van der Waals surface area contributed by atoms with Gasteiger partial charge in [0, 0.05) is 30.7 Å². The molecule has 1 fully saturated rings. The topological polar surface area (TPSA) is 51.0 Å². The van der Waals surface area contributed by atoms with Crippen molar-refractivity contribution >= 4 is 17.2 Å². The number of carbonyl (C=O) groups is 1. The van der Waals surface area contributed by atoms with Gasteiger partial charge in [0.15, 0.2) is 0 Å². The average Bonchev–Trinajstić information content (AvgIpc) is 3.18. The Morgan fingerprint density at radius 2 is 2.38 bits per heavy atom. The molecule has 1 atom stereocenters. The minimum atomic E-state index is 0.250. The van der Waals surface area contributed by atoms with Crippen LogP contribution in [0, 0.1) is 0 Å². The third kappa shape index (κ3) is 3.69. The molecule has 0 saturated carbocycles. The summed E-state index contributed by atoms with van der Waals surface area (Å²) in [5.41, 5.74) is 2.84. The molecule has 1 unspecified atom stereocenters. The maximum atomic E-state index is 12.5. The summed E-state index contributed by atoms with van der Waals surface area (Å²) in [6.45, 7) is 1.68. The normalized spacial score (nSPS) is 18.9. The maximum Gasteiger partial charge on any atom is 0.223 e. The molecule has 0 spiro atoms. The Hall–Kier alpha value is -1.69. The van der Waals surface area contributed by atoms with Crippen molar-refractivity contribution in [2.75, 3.05) is 6.54 Å². The van der Waals surface area contributed by atoms with E-state index >= 15 is 0 Å². The monoisotopic (exact) mass is 304 g/mol. The number of nitrogens with zero attached hydrogens (tertiary/aromatic N) is 4. The van der Waals surface area contributed by atoms with Gasteiger partial charge in [0.1, 0.15) is 0 Å². The van der Waals surface area contributed by atoms with E-state index in [1.807, 2.05) is 27.8 Å². The summed E-state index contributed by atoms with van der Waals surface area (Å²) in [6.07, 6.45) is 8.43. The molecule has 112 valence electrons. The van der Waals surface area contributed by atoms with E-state index in [-0.39, 0.29) is 11.9 Å². The maximum absolute atomic E-state index is 12.5. The van der Waals surface area contributed by atoms with Crippen molar-refractivity contribution < 1.29 is 4.79 Å². The molecule has 21 heavy (non-hydrogen) atoms. The smallest absolute Gasteiger partial charge is 0.223 e. The number of likely N-dealkylation sites (tertiary alicyclic amines) is 1. The molecule has 1 amide bonds. The molecule has 5 nitrogen and oxygen atoms in total. The van der Waals surface area contributed by atoms with Crippen molar-refractivity contribution in [3.63, 3.8) is 0 Å². The number of amides is 1. The number of carbonyl (C=O) groups excluding carboxylic acids is 1. The lowest BCUT2D eigenvalue weighted by molar-refractivity contribution is -0.135. The molecular formula is C15H20N4OS. The predicted molar refractivity (Wildman–Crippen MR) is 82.0 cm³/mol. The molecule has 6 heteroatoms. The zero-order chi connectivity index (χ0) is 14.5. The van der Waals surface area contributed by atoms with Crippen molar-refractivity contribution in [2.24, 2.45) is 0 Å². The summed E-state index contributed by atoms with van der Waals surface area (Å²) in [7, 11) is 0. The van der Waals surface area contributed by atoms with Crippen LogP contribution in [-0.2, 0) is 17.8 Å². The highest BCUT2D eigenvalue weighted by atomic mass is 32.1. The fraction of sp³-hybridized carbons (Fsp3) is 0.533. The van der Waals surface area contributed by atoms with E-state index in [4.69, 9.17) is 0 Å². The van der Waals surface area contributed by atoms with Gasteiger partial charge in [0.05, 0.1) is 23.8 Å². The number of aromatic nitrogens is 3. The van der Waals surface area contributed by atoms with Crippen LogP contribution in [-0.4, -0.2) is 38.2 Å². The first kappa shape index (κ1) is 14.3. The first-order valence-corrected chi connectivity index (χ1v) is 8.41. The zero-order valence-corrected chi connectivity index (χ0v) is 12.8. The summed E-state index contributed by atoms with van der Waals surface area (Å²) in [6, 6.07) is 2.21. The molecule has 0 aliphatic carbocycles.